The molecule has 17 heteroatoms. The molecule has 334 valence electrons. The summed E-state index contributed by atoms with van der Waals surface area (Å²) < 4.78 is 15.3. The highest BCUT2D eigenvalue weighted by Gasteiger charge is 2.48. The lowest BCUT2D eigenvalue weighted by Crippen LogP contribution is -2.53. The molecule has 3 aliphatic heterocycles. The number of methoxy groups -OCH3 is 2. The van der Waals surface area contributed by atoms with Crippen LogP contribution in [-0.2, 0) is 23.8 Å². The minimum Gasteiger partial charge on any atom is -0.453 e. The fraction of sp³-hybridized carbons (Fsp3) is 0.478. The Hall–Kier alpha value is -5.53. The fourth-order valence-corrected chi connectivity index (χ4v) is 15.6. The van der Waals surface area contributed by atoms with Gasteiger partial charge in [0.2, 0.25) is 11.8 Å². The highest BCUT2D eigenvalue weighted by molar-refractivity contribution is 6.79. The van der Waals surface area contributed by atoms with E-state index in [2.05, 4.69) is 101 Å². The third kappa shape index (κ3) is 9.13. The van der Waals surface area contributed by atoms with Crippen LogP contribution in [0.5, 0.6) is 0 Å². The lowest BCUT2D eigenvalue weighted by Gasteiger charge is -2.34. The zero-order chi connectivity index (χ0) is 44.8. The maximum atomic E-state index is 14.4. The van der Waals surface area contributed by atoms with E-state index in [-0.39, 0.29) is 35.7 Å². The minimum absolute atomic E-state index is 0.0386. The van der Waals surface area contributed by atoms with Gasteiger partial charge in [-0.2, -0.15) is 0 Å². The Bertz CT molecular complexity index is 2510. The standard InChI is InChI=1S/C46H60N8O7Si2/c1-27(2)38(51-45(57)59-3)43(55)53-25-62(5,6)23-36(53)41-47-22-35(49-41)29-11-9-28(10-12-29)31-13-15-33-32(21-31)14-16-34-40(33)50-42(48-34)37-24-63(7,8)26-54(37)44(56)39(52-46(58)60-4)30-17-19-61-20-18-30/h9-16,21-22,27,30,36-39H,17-20,23-26H2,1-8H3,(H,47,49)(H,48,50)(H,51,57)(H,52,58)/t36?,37-,38?,39?/m0/s1. The van der Waals surface area contributed by atoms with Crippen LogP contribution in [0.15, 0.2) is 60.8 Å². The molecule has 3 aliphatic rings. The Morgan fingerprint density at radius 1 is 0.762 bits per heavy atom. The zero-order valence-corrected chi connectivity index (χ0v) is 39.5. The van der Waals surface area contributed by atoms with E-state index in [1.165, 1.54) is 14.2 Å². The monoisotopic (exact) mass is 892 g/mol. The minimum atomic E-state index is -1.82. The van der Waals surface area contributed by atoms with Gasteiger partial charge in [-0.05, 0) is 71.0 Å². The van der Waals surface area contributed by atoms with E-state index < -0.39 is 40.4 Å². The molecule has 15 nitrogen and oxygen atoms in total. The van der Waals surface area contributed by atoms with Crippen molar-refractivity contribution in [2.75, 3.05) is 39.8 Å². The van der Waals surface area contributed by atoms with Gasteiger partial charge in [-0.25, -0.2) is 19.6 Å². The molecular formula is C46H60N8O7Si2. The van der Waals surface area contributed by atoms with E-state index in [1.54, 1.807) is 0 Å². The zero-order valence-electron chi connectivity index (χ0n) is 37.5. The number of nitrogens with one attached hydrogen (secondary N) is 4. The molecule has 4 amide bonds. The Kier molecular flexibility index (Phi) is 12.3. The second-order valence-electron chi connectivity index (χ2n) is 19.4. The molecule has 3 saturated heterocycles. The quantitative estimate of drug-likeness (QED) is 0.103. The molecule has 4 N–H and O–H groups in total. The smallest absolute Gasteiger partial charge is 0.407 e. The topological polar surface area (TPSA) is 184 Å². The number of hydrogen-bond donors (Lipinski definition) is 4. The third-order valence-electron chi connectivity index (χ3n) is 13.1. The average molecular weight is 893 g/mol. The Morgan fingerprint density at radius 3 is 2.02 bits per heavy atom. The van der Waals surface area contributed by atoms with Gasteiger partial charge in [0.1, 0.15) is 23.7 Å². The Balaban J connectivity index is 1.01. The summed E-state index contributed by atoms with van der Waals surface area (Å²) >= 11 is 0. The number of ether oxygens (including phenoxy) is 3. The van der Waals surface area contributed by atoms with Gasteiger partial charge in [-0.15, -0.1) is 0 Å². The number of carbonyl (C=O) groups is 4. The number of aromatic nitrogens is 4. The molecule has 0 aliphatic carbocycles. The van der Waals surface area contributed by atoms with Crippen LogP contribution in [0.25, 0.3) is 44.2 Å². The van der Waals surface area contributed by atoms with Gasteiger partial charge in [0, 0.05) is 30.9 Å². The number of fused-ring (bicyclic) bond motifs is 3. The molecule has 0 spiro atoms. The van der Waals surface area contributed by atoms with Crippen molar-refractivity contribution < 1.29 is 33.4 Å². The van der Waals surface area contributed by atoms with E-state index in [9.17, 15) is 19.2 Å². The van der Waals surface area contributed by atoms with Gasteiger partial charge in [0.05, 0.1) is 65.4 Å². The van der Waals surface area contributed by atoms with Gasteiger partial charge in [0.25, 0.3) is 0 Å². The molecule has 0 saturated carbocycles. The number of imidazole rings is 2. The van der Waals surface area contributed by atoms with E-state index >= 15 is 0 Å². The number of alkyl carbamates (subject to hydrolysis) is 2. The summed E-state index contributed by atoms with van der Waals surface area (Å²) in [5.41, 5.74) is 5.75. The maximum Gasteiger partial charge on any atom is 0.407 e. The van der Waals surface area contributed by atoms with Crippen LogP contribution >= 0.6 is 0 Å². The maximum absolute atomic E-state index is 14.4. The predicted octanol–water partition coefficient (Wildman–Crippen LogP) is 7.57. The summed E-state index contributed by atoms with van der Waals surface area (Å²) in [6.45, 7) is 14.1. The van der Waals surface area contributed by atoms with Gasteiger partial charge < -0.3 is 44.6 Å². The van der Waals surface area contributed by atoms with E-state index in [0.717, 1.165) is 67.9 Å². The highest BCUT2D eigenvalue weighted by Crippen LogP contribution is 2.41. The van der Waals surface area contributed by atoms with E-state index in [0.29, 0.717) is 38.4 Å². The van der Waals surface area contributed by atoms with Crippen LogP contribution in [0.4, 0.5) is 9.59 Å². The molecule has 2 aromatic heterocycles. The first-order valence-corrected chi connectivity index (χ1v) is 28.8. The Labute approximate surface area is 370 Å². The number of hydrogen-bond acceptors (Lipinski definition) is 9. The summed E-state index contributed by atoms with van der Waals surface area (Å²) in [4.78, 5) is 73.9. The first-order chi connectivity index (χ1) is 30.0. The number of aromatic amines is 2. The number of amides is 4. The van der Waals surface area contributed by atoms with Gasteiger partial charge in [0.15, 0.2) is 0 Å². The van der Waals surface area contributed by atoms with Crippen molar-refractivity contribution in [1.29, 1.82) is 0 Å². The van der Waals surface area contributed by atoms with Crippen molar-refractivity contribution in [3.05, 3.63) is 72.4 Å². The van der Waals surface area contributed by atoms with Crippen molar-refractivity contribution in [2.45, 2.75) is 89.1 Å². The van der Waals surface area contributed by atoms with Crippen molar-refractivity contribution in [2.24, 2.45) is 11.8 Å². The number of rotatable bonds is 10. The SMILES string of the molecule is COC(=O)NC(C(=O)N1C[Si](C)(C)CC1c1ncc(-c2ccc(-c3ccc4c(ccc5[nH]c([C@@H]6C[Si](C)(C)CN6C(=O)C(NC(=O)OC)C6CCOCC6)nc54)c3)cc2)[nH]1)C(C)C. The van der Waals surface area contributed by atoms with Crippen molar-refractivity contribution >= 4 is 62.0 Å². The molecule has 5 heterocycles. The van der Waals surface area contributed by atoms with Crippen LogP contribution in [-0.4, -0.2) is 122 Å². The number of benzene rings is 3. The van der Waals surface area contributed by atoms with Gasteiger partial charge >= 0.3 is 12.2 Å². The van der Waals surface area contributed by atoms with Crippen LogP contribution in [0.1, 0.15) is 50.4 Å². The molecule has 4 atom stereocenters. The predicted molar refractivity (Wildman–Crippen MR) is 247 cm³/mol. The fourth-order valence-electron chi connectivity index (χ4n) is 9.82. The number of carbonyl (C=O) groups excluding carboxylic acids is 4. The molecule has 0 radical (unpaired) electrons. The normalized spacial score (nSPS) is 20.8. The van der Waals surface area contributed by atoms with Crippen molar-refractivity contribution in [1.82, 2.24) is 40.4 Å². The summed E-state index contributed by atoms with van der Waals surface area (Å²) in [5, 5.41) is 7.70. The molecule has 3 aromatic carbocycles. The van der Waals surface area contributed by atoms with Gasteiger partial charge in [-0.3, -0.25) is 9.59 Å². The van der Waals surface area contributed by atoms with Crippen LogP contribution in [0.3, 0.4) is 0 Å². The second kappa shape index (κ2) is 17.6. The molecule has 3 unspecified atom stereocenters. The Morgan fingerprint density at radius 2 is 1.37 bits per heavy atom. The summed E-state index contributed by atoms with van der Waals surface area (Å²) in [5.74, 6) is 1.15. The van der Waals surface area contributed by atoms with E-state index in [1.807, 2.05) is 29.8 Å². The average Bonchev–Trinajstić information content (AvgIpc) is 4.08. The second-order valence-corrected chi connectivity index (χ2v) is 29.5. The van der Waals surface area contributed by atoms with Crippen LogP contribution in [0, 0.1) is 11.8 Å². The van der Waals surface area contributed by atoms with Gasteiger partial charge in [-0.1, -0.05) is 82.5 Å². The summed E-state index contributed by atoms with van der Waals surface area (Å²) in [6.07, 6.45) is 3.35. The molecule has 3 fully saturated rings. The lowest BCUT2D eigenvalue weighted by molar-refractivity contribution is -0.136. The summed E-state index contributed by atoms with van der Waals surface area (Å²) in [6, 6.07) is 18.9. The molecule has 0 bridgehead atoms. The highest BCUT2D eigenvalue weighted by atomic mass is 28.3. The first-order valence-electron chi connectivity index (χ1n) is 22.0. The molecule has 63 heavy (non-hydrogen) atoms. The number of nitrogens with zero attached hydrogens (tertiary/aromatic N) is 4. The lowest BCUT2D eigenvalue weighted by atomic mass is 9.90. The van der Waals surface area contributed by atoms with Crippen molar-refractivity contribution in [3.63, 3.8) is 0 Å². The summed E-state index contributed by atoms with van der Waals surface area (Å²) in [7, 11) is -0.952. The van der Waals surface area contributed by atoms with Crippen LogP contribution in [0.2, 0.25) is 38.3 Å². The third-order valence-corrected chi connectivity index (χ3v) is 18.5. The van der Waals surface area contributed by atoms with Crippen LogP contribution < -0.4 is 10.6 Å². The number of H-pyrrole nitrogens is 2. The molecule has 5 aromatic rings. The van der Waals surface area contributed by atoms with E-state index in [4.69, 9.17) is 24.2 Å². The molecular weight excluding hydrogens is 833 g/mol. The molecule has 8 rings (SSSR count). The van der Waals surface area contributed by atoms with Crippen molar-refractivity contribution in [3.8, 4) is 22.4 Å². The largest absolute Gasteiger partial charge is 0.453 e. The first kappa shape index (κ1) is 44.1.